The molecule has 0 amide bonds. The van der Waals surface area contributed by atoms with Crippen molar-refractivity contribution in [3.63, 3.8) is 0 Å². The molecule has 0 bridgehead atoms. The summed E-state index contributed by atoms with van der Waals surface area (Å²) in [6, 6.07) is 5.55. The average Bonchev–Trinajstić information content (AvgIpc) is 2.27. The Balaban J connectivity index is 3.14. The van der Waals surface area contributed by atoms with Crippen LogP contribution >= 0.6 is 42.7 Å². The molecule has 0 aromatic heterocycles. The molecule has 88 valence electrons. The van der Waals surface area contributed by atoms with Gasteiger partial charge in [-0.25, -0.2) is 0 Å². The Hall–Kier alpha value is 0.260. The van der Waals surface area contributed by atoms with Crippen LogP contribution in [0.3, 0.4) is 0 Å². The van der Waals surface area contributed by atoms with E-state index in [1.165, 1.54) is 0 Å². The summed E-state index contributed by atoms with van der Waals surface area (Å²) in [7, 11) is -0.220. The van der Waals surface area contributed by atoms with Crippen LogP contribution in [0, 0.1) is 0 Å². The zero-order valence-corrected chi connectivity index (χ0v) is 12.5. The smallest absolute Gasteiger partial charge is 0.0499 e. The van der Waals surface area contributed by atoms with Crippen molar-refractivity contribution in [1.29, 1.82) is 0 Å². The third-order valence-electron chi connectivity index (χ3n) is 2.41. The molecule has 4 heteroatoms. The first-order chi connectivity index (χ1) is 7.63. The fourth-order valence-electron chi connectivity index (χ4n) is 1.56. The van der Waals surface area contributed by atoms with Gasteiger partial charge in [-0.3, -0.25) is 0 Å². The Morgan fingerprint density at radius 3 is 2.31 bits per heavy atom. The Morgan fingerprint density at radius 2 is 1.88 bits per heavy atom. The molecule has 0 aliphatic carbocycles. The average molecular weight is 296 g/mol. The summed E-state index contributed by atoms with van der Waals surface area (Å²) in [5, 5.41) is 2.48. The molecule has 0 spiro atoms. The maximum absolute atomic E-state index is 6.19. The van der Waals surface area contributed by atoms with Gasteiger partial charge >= 0.3 is 0 Å². The Bertz CT molecular complexity index is 384. The first-order valence-corrected chi connectivity index (χ1v) is 8.05. The highest BCUT2D eigenvalue weighted by molar-refractivity contribution is 7.68. The number of hydrogen-bond acceptors (Lipinski definition) is 0. The van der Waals surface area contributed by atoms with Gasteiger partial charge in [0.25, 0.3) is 0 Å². The highest BCUT2D eigenvalue weighted by Gasteiger charge is 2.14. The van der Waals surface area contributed by atoms with Crippen molar-refractivity contribution in [2.45, 2.75) is 13.8 Å². The zero-order chi connectivity index (χ0) is 12.1. The molecule has 0 N–H and O–H groups in total. The van der Waals surface area contributed by atoms with Gasteiger partial charge in [0.05, 0.1) is 0 Å². The minimum Gasteiger partial charge on any atom is -0.0922 e. The van der Waals surface area contributed by atoms with Gasteiger partial charge < -0.3 is 0 Å². The third kappa shape index (κ3) is 3.37. The predicted octanol–water partition coefficient (Wildman–Crippen LogP) is 6.05. The molecule has 16 heavy (non-hydrogen) atoms. The molecule has 0 aliphatic heterocycles. The molecular weight excluding hydrogens is 281 g/mol. The van der Waals surface area contributed by atoms with E-state index >= 15 is 0 Å². The zero-order valence-electron chi connectivity index (χ0n) is 9.30. The van der Waals surface area contributed by atoms with Gasteiger partial charge in [0.15, 0.2) is 0 Å². The van der Waals surface area contributed by atoms with Crippen LogP contribution < -0.4 is 0 Å². The SMILES string of the molecule is CCP(CC)C(=CCl)c1ccc(Cl)cc1Cl. The minimum absolute atomic E-state index is 0.220. The monoisotopic (exact) mass is 294 g/mol. The van der Waals surface area contributed by atoms with E-state index in [1.807, 2.05) is 12.1 Å². The quantitative estimate of drug-likeness (QED) is 0.593. The lowest BCUT2D eigenvalue weighted by Gasteiger charge is -2.18. The number of benzene rings is 1. The third-order valence-corrected chi connectivity index (χ3v) is 5.91. The highest BCUT2D eigenvalue weighted by atomic mass is 35.5. The molecule has 0 aliphatic rings. The molecule has 0 unspecified atom stereocenters. The van der Waals surface area contributed by atoms with Crippen molar-refractivity contribution in [2.24, 2.45) is 0 Å². The second-order valence-electron chi connectivity index (χ2n) is 3.29. The number of halogens is 3. The number of rotatable bonds is 4. The van der Waals surface area contributed by atoms with Crippen LogP contribution in [-0.4, -0.2) is 12.3 Å². The van der Waals surface area contributed by atoms with Crippen LogP contribution in [0.2, 0.25) is 10.0 Å². The molecule has 1 rings (SSSR count). The summed E-state index contributed by atoms with van der Waals surface area (Å²) in [5.41, 5.74) is 2.67. The van der Waals surface area contributed by atoms with E-state index in [4.69, 9.17) is 34.8 Å². The van der Waals surface area contributed by atoms with Gasteiger partial charge in [0.2, 0.25) is 0 Å². The van der Waals surface area contributed by atoms with Crippen LogP contribution in [0.5, 0.6) is 0 Å². The molecule has 0 fully saturated rings. The van der Waals surface area contributed by atoms with Gasteiger partial charge in [-0.1, -0.05) is 62.6 Å². The summed E-state index contributed by atoms with van der Waals surface area (Å²) < 4.78 is 0. The molecule has 0 heterocycles. The van der Waals surface area contributed by atoms with Crippen molar-refractivity contribution >= 4 is 48.0 Å². The minimum atomic E-state index is -0.220. The fourth-order valence-corrected chi connectivity index (χ4v) is 4.47. The van der Waals surface area contributed by atoms with Crippen molar-refractivity contribution in [2.75, 3.05) is 12.3 Å². The number of hydrogen-bond donors (Lipinski definition) is 0. The maximum Gasteiger partial charge on any atom is 0.0499 e. The molecule has 0 saturated carbocycles. The van der Waals surface area contributed by atoms with Crippen LogP contribution in [0.15, 0.2) is 23.7 Å². The van der Waals surface area contributed by atoms with Crippen LogP contribution in [0.4, 0.5) is 0 Å². The Labute approximate surface area is 113 Å². The van der Waals surface area contributed by atoms with Crippen LogP contribution in [-0.2, 0) is 0 Å². The molecular formula is C12H14Cl3P. The molecule has 0 nitrogen and oxygen atoms in total. The second kappa shape index (κ2) is 6.87. The molecule has 0 saturated heterocycles. The molecule has 0 atom stereocenters. The van der Waals surface area contributed by atoms with Crippen molar-refractivity contribution in [3.05, 3.63) is 39.3 Å². The lowest BCUT2D eigenvalue weighted by atomic mass is 10.2. The first kappa shape index (κ1) is 14.3. The lowest BCUT2D eigenvalue weighted by Crippen LogP contribution is -1.89. The Kier molecular flexibility index (Phi) is 6.15. The van der Waals surface area contributed by atoms with Crippen LogP contribution in [0.25, 0.3) is 5.31 Å². The summed E-state index contributed by atoms with van der Waals surface area (Å²) in [6.45, 7) is 4.36. The summed E-state index contributed by atoms with van der Waals surface area (Å²) in [5.74, 6) is 0. The van der Waals surface area contributed by atoms with Gasteiger partial charge in [-0.2, -0.15) is 0 Å². The topological polar surface area (TPSA) is 0 Å². The molecule has 1 aromatic carbocycles. The van der Waals surface area contributed by atoms with Gasteiger partial charge in [0.1, 0.15) is 0 Å². The lowest BCUT2D eigenvalue weighted by molar-refractivity contribution is 1.42. The van der Waals surface area contributed by atoms with E-state index in [0.29, 0.717) is 10.0 Å². The molecule has 0 radical (unpaired) electrons. The second-order valence-corrected chi connectivity index (χ2v) is 7.18. The summed E-state index contributed by atoms with van der Waals surface area (Å²) in [6.07, 6.45) is 2.23. The van der Waals surface area contributed by atoms with Crippen molar-refractivity contribution in [1.82, 2.24) is 0 Å². The predicted molar refractivity (Wildman–Crippen MR) is 78.3 cm³/mol. The maximum atomic E-state index is 6.19. The highest BCUT2D eigenvalue weighted by Crippen LogP contribution is 2.51. The van der Waals surface area contributed by atoms with Crippen LogP contribution in [0.1, 0.15) is 19.4 Å². The van der Waals surface area contributed by atoms with E-state index in [9.17, 15) is 0 Å². The van der Waals surface area contributed by atoms with E-state index in [-0.39, 0.29) is 7.92 Å². The normalized spacial score (nSPS) is 12.2. The largest absolute Gasteiger partial charge is 0.0922 e. The Morgan fingerprint density at radius 1 is 1.25 bits per heavy atom. The van der Waals surface area contributed by atoms with Crippen molar-refractivity contribution < 1.29 is 0 Å². The standard InChI is InChI=1S/C12H14Cl3P/c1-3-16(4-2)12(8-13)10-6-5-9(14)7-11(10)15/h5-8H,3-4H2,1-2H3. The van der Waals surface area contributed by atoms with E-state index in [1.54, 1.807) is 11.6 Å². The van der Waals surface area contributed by atoms with Gasteiger partial charge in [0, 0.05) is 21.1 Å². The van der Waals surface area contributed by atoms with E-state index < -0.39 is 0 Å². The van der Waals surface area contributed by atoms with Gasteiger partial charge in [-0.05, 0) is 29.8 Å². The summed E-state index contributed by atoms with van der Waals surface area (Å²) in [4.78, 5) is 0. The summed E-state index contributed by atoms with van der Waals surface area (Å²) >= 11 is 18.0. The van der Waals surface area contributed by atoms with Crippen molar-refractivity contribution in [3.8, 4) is 0 Å². The van der Waals surface area contributed by atoms with E-state index in [0.717, 1.165) is 23.2 Å². The van der Waals surface area contributed by atoms with E-state index in [2.05, 4.69) is 13.8 Å². The molecule has 1 aromatic rings. The fraction of sp³-hybridized carbons (Fsp3) is 0.333. The van der Waals surface area contributed by atoms with Gasteiger partial charge in [-0.15, -0.1) is 0 Å². The first-order valence-electron chi connectivity index (χ1n) is 5.14.